The van der Waals surface area contributed by atoms with Crippen molar-refractivity contribution in [1.29, 1.82) is 0 Å². The molecule has 2 heterocycles. The number of carbonyl (C=O) groups excluding carboxylic acids is 1. The molecule has 0 bridgehead atoms. The van der Waals surface area contributed by atoms with Crippen LogP contribution in [0.1, 0.15) is 29.9 Å². The molecule has 0 radical (unpaired) electrons. The zero-order chi connectivity index (χ0) is 18.9. The van der Waals surface area contributed by atoms with Crippen LogP contribution in [0.25, 0.3) is 11.3 Å². The van der Waals surface area contributed by atoms with E-state index in [1.807, 2.05) is 0 Å². The van der Waals surface area contributed by atoms with Gasteiger partial charge in [-0.2, -0.15) is 5.10 Å². The number of aromatic nitrogens is 2. The van der Waals surface area contributed by atoms with Crippen molar-refractivity contribution in [2.75, 3.05) is 18.1 Å². The van der Waals surface area contributed by atoms with Gasteiger partial charge >= 0.3 is 0 Å². The highest BCUT2D eigenvalue weighted by molar-refractivity contribution is 7.91. The minimum atomic E-state index is -3.10. The van der Waals surface area contributed by atoms with Gasteiger partial charge in [0, 0.05) is 11.1 Å². The van der Waals surface area contributed by atoms with E-state index in [0.717, 1.165) is 5.56 Å². The number of carbonyl (C=O) groups is 1. The molecule has 1 aliphatic rings. The Hall–Kier alpha value is -1.90. The lowest BCUT2D eigenvalue weighted by Crippen LogP contribution is -2.35. The summed E-state index contributed by atoms with van der Waals surface area (Å²) in [5, 5.41) is 16.7. The molecular formula is C17H20ClN3O4S. The van der Waals surface area contributed by atoms with Crippen LogP contribution in [-0.4, -0.2) is 53.4 Å². The van der Waals surface area contributed by atoms with Gasteiger partial charge in [0.1, 0.15) is 0 Å². The summed E-state index contributed by atoms with van der Waals surface area (Å²) in [6, 6.07) is 7.98. The van der Waals surface area contributed by atoms with Crippen molar-refractivity contribution in [2.45, 2.75) is 25.4 Å². The monoisotopic (exact) mass is 397 g/mol. The average molecular weight is 398 g/mol. The molecule has 9 heteroatoms. The molecule has 0 saturated carbocycles. The number of hydrogen-bond donors (Lipinski definition) is 2. The van der Waals surface area contributed by atoms with Gasteiger partial charge in [-0.05, 0) is 37.1 Å². The first-order valence-electron chi connectivity index (χ1n) is 8.26. The van der Waals surface area contributed by atoms with Crippen molar-refractivity contribution in [3.8, 4) is 11.3 Å². The van der Waals surface area contributed by atoms with E-state index in [1.165, 1.54) is 0 Å². The number of amides is 1. The second-order valence-electron chi connectivity index (χ2n) is 6.48. The van der Waals surface area contributed by atoms with Gasteiger partial charge in [-0.1, -0.05) is 23.7 Å². The third-order valence-corrected chi connectivity index (χ3v) is 6.32. The predicted octanol–water partition coefficient (Wildman–Crippen LogP) is 1.67. The molecule has 7 nitrogen and oxygen atoms in total. The van der Waals surface area contributed by atoms with Gasteiger partial charge in [0.15, 0.2) is 15.5 Å². The summed E-state index contributed by atoms with van der Waals surface area (Å²) in [5.41, 5.74) is 1.63. The molecule has 140 valence electrons. The average Bonchev–Trinajstić information content (AvgIpc) is 3.18. The number of hydrogen-bond acceptors (Lipinski definition) is 5. The molecular weight excluding hydrogens is 378 g/mol. The number of aliphatic hydroxyl groups excluding tert-OH is 1. The zero-order valence-corrected chi connectivity index (χ0v) is 15.8. The lowest BCUT2D eigenvalue weighted by Gasteiger charge is -2.13. The van der Waals surface area contributed by atoms with E-state index < -0.39 is 21.8 Å². The first-order valence-corrected chi connectivity index (χ1v) is 10.5. The topological polar surface area (TPSA) is 101 Å². The van der Waals surface area contributed by atoms with Crippen LogP contribution >= 0.6 is 11.6 Å². The molecule has 3 rings (SSSR count). The highest BCUT2D eigenvalue weighted by Gasteiger charge is 2.32. The van der Waals surface area contributed by atoms with Crippen molar-refractivity contribution in [2.24, 2.45) is 0 Å². The summed E-state index contributed by atoms with van der Waals surface area (Å²) >= 11 is 5.94. The Labute approximate surface area is 156 Å². The number of benzene rings is 1. The van der Waals surface area contributed by atoms with E-state index in [1.54, 1.807) is 41.9 Å². The van der Waals surface area contributed by atoms with E-state index in [9.17, 15) is 13.2 Å². The fourth-order valence-corrected chi connectivity index (χ4v) is 4.75. The maximum absolute atomic E-state index is 12.4. The first-order chi connectivity index (χ1) is 12.3. The molecule has 2 atom stereocenters. The van der Waals surface area contributed by atoms with Gasteiger partial charge in [-0.15, -0.1) is 0 Å². The van der Waals surface area contributed by atoms with Crippen LogP contribution in [0, 0.1) is 0 Å². The van der Waals surface area contributed by atoms with Gasteiger partial charge < -0.3 is 10.4 Å². The van der Waals surface area contributed by atoms with E-state index in [-0.39, 0.29) is 29.8 Å². The smallest absolute Gasteiger partial charge is 0.272 e. The normalized spacial score (nSPS) is 20.0. The Morgan fingerprint density at radius 1 is 1.42 bits per heavy atom. The maximum atomic E-state index is 12.4. The summed E-state index contributed by atoms with van der Waals surface area (Å²) in [6.45, 7) is 1.50. The second kappa shape index (κ2) is 7.38. The summed E-state index contributed by atoms with van der Waals surface area (Å²) in [6.07, 6.45) is 0.457. The van der Waals surface area contributed by atoms with Crippen LogP contribution in [0.15, 0.2) is 30.3 Å². The van der Waals surface area contributed by atoms with E-state index in [0.29, 0.717) is 17.1 Å². The summed E-state index contributed by atoms with van der Waals surface area (Å²) in [7, 11) is -3.10. The summed E-state index contributed by atoms with van der Waals surface area (Å²) in [5.74, 6) is -0.300. The number of nitrogens with zero attached hydrogens (tertiary/aromatic N) is 2. The fourth-order valence-electron chi connectivity index (χ4n) is 2.93. The fraction of sp³-hybridized carbons (Fsp3) is 0.412. The Balaban J connectivity index is 2.00. The molecule has 1 fully saturated rings. The second-order valence-corrected chi connectivity index (χ2v) is 9.15. The molecule has 1 aromatic carbocycles. The predicted molar refractivity (Wildman–Crippen MR) is 99.0 cm³/mol. The molecule has 0 aliphatic carbocycles. The lowest BCUT2D eigenvalue weighted by molar-refractivity contribution is 0.0916. The highest BCUT2D eigenvalue weighted by atomic mass is 35.5. The number of aliphatic hydroxyl groups is 1. The van der Waals surface area contributed by atoms with Crippen molar-refractivity contribution < 1.29 is 18.3 Å². The molecule has 26 heavy (non-hydrogen) atoms. The Bertz CT molecular complexity index is 909. The van der Waals surface area contributed by atoms with Crippen LogP contribution < -0.4 is 5.32 Å². The lowest BCUT2D eigenvalue weighted by atomic mass is 10.1. The minimum Gasteiger partial charge on any atom is -0.394 e. The van der Waals surface area contributed by atoms with E-state index >= 15 is 0 Å². The maximum Gasteiger partial charge on any atom is 0.272 e. The standard InChI is InChI=1S/C17H20ClN3O4S/c1-11(9-22)19-17(23)15-8-16(12-2-4-13(18)5-3-12)21(20-15)14-6-7-26(24,25)10-14/h2-5,8,11,14,22H,6-7,9-10H2,1H3,(H,19,23)/t11-,14+/m1/s1. The molecule has 0 spiro atoms. The quantitative estimate of drug-likeness (QED) is 0.799. The number of sulfone groups is 1. The van der Waals surface area contributed by atoms with Gasteiger partial charge in [0.05, 0.1) is 29.8 Å². The Morgan fingerprint density at radius 3 is 2.69 bits per heavy atom. The molecule has 1 saturated heterocycles. The molecule has 2 N–H and O–H groups in total. The van der Waals surface area contributed by atoms with Crippen molar-refractivity contribution >= 4 is 27.3 Å². The van der Waals surface area contributed by atoms with Crippen LogP contribution in [0.5, 0.6) is 0 Å². The van der Waals surface area contributed by atoms with Gasteiger partial charge in [0.2, 0.25) is 0 Å². The van der Waals surface area contributed by atoms with E-state index in [2.05, 4.69) is 10.4 Å². The van der Waals surface area contributed by atoms with Gasteiger partial charge in [0.25, 0.3) is 5.91 Å². The molecule has 2 aromatic rings. The van der Waals surface area contributed by atoms with Crippen LogP contribution in [0.3, 0.4) is 0 Å². The highest BCUT2D eigenvalue weighted by Crippen LogP contribution is 2.30. The zero-order valence-electron chi connectivity index (χ0n) is 14.2. The number of halogens is 1. The Morgan fingerprint density at radius 2 is 2.12 bits per heavy atom. The summed E-state index contributed by atoms with van der Waals surface area (Å²) in [4.78, 5) is 12.4. The molecule has 1 aromatic heterocycles. The molecule has 1 aliphatic heterocycles. The van der Waals surface area contributed by atoms with Crippen LogP contribution in [-0.2, 0) is 9.84 Å². The number of rotatable bonds is 5. The SMILES string of the molecule is C[C@H](CO)NC(=O)c1cc(-c2ccc(Cl)cc2)n([C@H]2CCS(=O)(=O)C2)n1. The van der Waals surface area contributed by atoms with Crippen molar-refractivity contribution in [1.82, 2.24) is 15.1 Å². The minimum absolute atomic E-state index is 0.00334. The van der Waals surface area contributed by atoms with Crippen molar-refractivity contribution in [3.63, 3.8) is 0 Å². The van der Waals surface area contributed by atoms with Crippen LogP contribution in [0.4, 0.5) is 0 Å². The number of nitrogens with one attached hydrogen (secondary N) is 1. The summed E-state index contributed by atoms with van der Waals surface area (Å²) < 4.78 is 25.3. The van der Waals surface area contributed by atoms with E-state index in [4.69, 9.17) is 16.7 Å². The Kier molecular flexibility index (Phi) is 5.36. The molecule has 0 unspecified atom stereocenters. The van der Waals surface area contributed by atoms with Gasteiger partial charge in [-0.3, -0.25) is 9.48 Å². The first kappa shape index (κ1) is 18.9. The third kappa shape index (κ3) is 4.08. The van der Waals surface area contributed by atoms with Crippen LogP contribution in [0.2, 0.25) is 5.02 Å². The largest absolute Gasteiger partial charge is 0.394 e. The van der Waals surface area contributed by atoms with Crippen molar-refractivity contribution in [3.05, 3.63) is 41.0 Å². The third-order valence-electron chi connectivity index (χ3n) is 4.31. The molecule has 1 amide bonds. The van der Waals surface area contributed by atoms with Gasteiger partial charge in [-0.25, -0.2) is 8.42 Å².